The maximum Gasteiger partial charge on any atom is 0.241 e. The van der Waals surface area contributed by atoms with Crippen LogP contribution in [0.2, 0.25) is 0 Å². The molecule has 3 N–H and O–H groups in total. The van der Waals surface area contributed by atoms with Gasteiger partial charge in [0.25, 0.3) is 0 Å². The van der Waals surface area contributed by atoms with Crippen LogP contribution < -0.4 is 11.1 Å². The molecule has 124 valence electrons. The second-order valence-electron chi connectivity index (χ2n) is 7.43. The molecule has 3 aliphatic rings. The fraction of sp³-hybridized carbons (Fsp3) is 0.882. The Morgan fingerprint density at radius 1 is 1.09 bits per heavy atom. The maximum absolute atomic E-state index is 12.2. The predicted molar refractivity (Wildman–Crippen MR) is 85.0 cm³/mol. The van der Waals surface area contributed by atoms with Crippen LogP contribution in [0.1, 0.15) is 51.4 Å². The molecule has 3 unspecified atom stereocenters. The summed E-state index contributed by atoms with van der Waals surface area (Å²) in [6.07, 6.45) is 8.93. The lowest BCUT2D eigenvalue weighted by molar-refractivity contribution is -0.132. The molecule has 2 amide bonds. The minimum Gasteiger partial charge on any atom is -0.347 e. The van der Waals surface area contributed by atoms with Crippen LogP contribution in [0.25, 0.3) is 0 Å². The van der Waals surface area contributed by atoms with Gasteiger partial charge in [-0.15, -0.1) is 0 Å². The summed E-state index contributed by atoms with van der Waals surface area (Å²) in [7, 11) is 0. The van der Waals surface area contributed by atoms with E-state index in [4.69, 9.17) is 5.73 Å². The summed E-state index contributed by atoms with van der Waals surface area (Å²) in [4.78, 5) is 26.0. The van der Waals surface area contributed by atoms with E-state index in [-0.39, 0.29) is 24.4 Å². The molecule has 2 aliphatic carbocycles. The first-order valence-electron chi connectivity index (χ1n) is 8.93. The monoisotopic (exact) mass is 307 g/mol. The number of carbonyl (C=O) groups excluding carboxylic acids is 2. The zero-order chi connectivity index (χ0) is 15.5. The first-order valence-corrected chi connectivity index (χ1v) is 8.93. The number of hydrogen-bond donors (Lipinski definition) is 2. The molecule has 0 aromatic carbocycles. The van der Waals surface area contributed by atoms with Crippen LogP contribution in [0.4, 0.5) is 0 Å². The summed E-state index contributed by atoms with van der Waals surface area (Å²) in [5.41, 5.74) is 6.10. The number of amides is 2. The zero-order valence-electron chi connectivity index (χ0n) is 13.4. The number of carbonyl (C=O) groups is 2. The summed E-state index contributed by atoms with van der Waals surface area (Å²) >= 11 is 0. The van der Waals surface area contributed by atoms with Crippen molar-refractivity contribution in [2.75, 3.05) is 19.6 Å². The molecule has 1 heterocycles. The second kappa shape index (κ2) is 6.99. The number of nitrogens with one attached hydrogen (secondary N) is 1. The van der Waals surface area contributed by atoms with Gasteiger partial charge in [-0.05, 0) is 37.0 Å². The van der Waals surface area contributed by atoms with Crippen LogP contribution >= 0.6 is 0 Å². The van der Waals surface area contributed by atoms with Crippen molar-refractivity contribution >= 4 is 11.8 Å². The molecule has 0 aromatic rings. The summed E-state index contributed by atoms with van der Waals surface area (Å²) in [5.74, 6) is 1.85. The predicted octanol–water partition coefficient (Wildman–Crippen LogP) is 1.27. The summed E-state index contributed by atoms with van der Waals surface area (Å²) in [5, 5.41) is 2.80. The van der Waals surface area contributed by atoms with Crippen molar-refractivity contribution in [3.8, 4) is 0 Å². The smallest absolute Gasteiger partial charge is 0.241 e. The normalized spacial score (nSPS) is 31.5. The summed E-state index contributed by atoms with van der Waals surface area (Å²) < 4.78 is 0. The van der Waals surface area contributed by atoms with Gasteiger partial charge in [-0.25, -0.2) is 0 Å². The fourth-order valence-corrected chi connectivity index (χ4v) is 4.52. The van der Waals surface area contributed by atoms with E-state index in [1.807, 2.05) is 4.90 Å². The highest BCUT2D eigenvalue weighted by Gasteiger charge is 2.42. The van der Waals surface area contributed by atoms with Crippen molar-refractivity contribution in [1.29, 1.82) is 0 Å². The first kappa shape index (κ1) is 15.8. The van der Waals surface area contributed by atoms with Gasteiger partial charge in [0.1, 0.15) is 0 Å². The average molecular weight is 307 g/mol. The first-order chi connectivity index (χ1) is 10.6. The number of fused-ring (bicyclic) bond motifs is 1. The van der Waals surface area contributed by atoms with Gasteiger partial charge < -0.3 is 16.0 Å². The molecule has 3 fully saturated rings. The highest BCUT2D eigenvalue weighted by atomic mass is 16.2. The molecule has 1 saturated heterocycles. The third-order valence-corrected chi connectivity index (χ3v) is 5.96. The number of rotatable bonds is 5. The van der Waals surface area contributed by atoms with E-state index < -0.39 is 0 Å². The molecular formula is C17H29N3O2. The van der Waals surface area contributed by atoms with Gasteiger partial charge in [-0.3, -0.25) is 9.59 Å². The Kier molecular flexibility index (Phi) is 5.01. The SMILES string of the molecule is NC1CCC2CN(C(=O)CNC(=O)CCC3CCCC3)CC12. The fourth-order valence-electron chi connectivity index (χ4n) is 4.52. The van der Waals surface area contributed by atoms with Gasteiger partial charge in [-0.1, -0.05) is 25.7 Å². The van der Waals surface area contributed by atoms with E-state index in [0.29, 0.717) is 18.3 Å². The average Bonchev–Trinajstić information content (AvgIpc) is 3.21. The van der Waals surface area contributed by atoms with Crippen molar-refractivity contribution in [3.63, 3.8) is 0 Å². The van der Waals surface area contributed by atoms with Gasteiger partial charge in [-0.2, -0.15) is 0 Å². The molecular weight excluding hydrogens is 278 g/mol. The van der Waals surface area contributed by atoms with E-state index in [1.54, 1.807) is 0 Å². The zero-order valence-corrected chi connectivity index (χ0v) is 13.4. The van der Waals surface area contributed by atoms with Gasteiger partial charge in [0.15, 0.2) is 0 Å². The summed E-state index contributed by atoms with van der Waals surface area (Å²) in [6, 6.07) is 0.254. The van der Waals surface area contributed by atoms with Crippen LogP contribution in [-0.4, -0.2) is 42.4 Å². The molecule has 1 aliphatic heterocycles. The third kappa shape index (κ3) is 3.62. The van der Waals surface area contributed by atoms with Crippen LogP contribution in [0, 0.1) is 17.8 Å². The highest BCUT2D eigenvalue weighted by molar-refractivity contribution is 5.84. The molecule has 0 radical (unpaired) electrons. The van der Waals surface area contributed by atoms with E-state index >= 15 is 0 Å². The minimum atomic E-state index is 0.0244. The number of hydrogen-bond acceptors (Lipinski definition) is 3. The molecule has 3 atom stereocenters. The van der Waals surface area contributed by atoms with Gasteiger partial charge in [0, 0.05) is 25.6 Å². The maximum atomic E-state index is 12.2. The largest absolute Gasteiger partial charge is 0.347 e. The van der Waals surface area contributed by atoms with Crippen molar-refractivity contribution in [3.05, 3.63) is 0 Å². The molecule has 22 heavy (non-hydrogen) atoms. The molecule has 5 nitrogen and oxygen atoms in total. The highest BCUT2D eigenvalue weighted by Crippen LogP contribution is 2.37. The van der Waals surface area contributed by atoms with Crippen LogP contribution in [0.15, 0.2) is 0 Å². The number of nitrogens with two attached hydrogens (primary N) is 1. The van der Waals surface area contributed by atoms with E-state index in [1.165, 1.54) is 25.7 Å². The molecule has 5 heteroatoms. The Balaban J connectivity index is 1.34. The molecule has 0 aromatic heterocycles. The lowest BCUT2D eigenvalue weighted by atomic mass is 9.98. The van der Waals surface area contributed by atoms with E-state index in [0.717, 1.165) is 38.3 Å². The summed E-state index contributed by atoms with van der Waals surface area (Å²) in [6.45, 7) is 1.76. The molecule has 0 spiro atoms. The molecule has 2 saturated carbocycles. The minimum absolute atomic E-state index is 0.0244. The van der Waals surface area contributed by atoms with Crippen LogP contribution in [0.5, 0.6) is 0 Å². The third-order valence-electron chi connectivity index (χ3n) is 5.96. The molecule has 0 bridgehead atoms. The standard InChI is InChI=1S/C17H29N3O2/c18-15-7-6-13-10-20(11-14(13)15)17(22)9-19-16(21)8-5-12-3-1-2-4-12/h12-15H,1-11,18H2,(H,19,21). The van der Waals surface area contributed by atoms with E-state index in [9.17, 15) is 9.59 Å². The lowest BCUT2D eigenvalue weighted by Crippen LogP contribution is -2.40. The van der Waals surface area contributed by atoms with Gasteiger partial charge in [0.2, 0.25) is 11.8 Å². The lowest BCUT2D eigenvalue weighted by Gasteiger charge is -2.19. The quantitative estimate of drug-likeness (QED) is 0.803. The Labute approximate surface area is 133 Å². The van der Waals surface area contributed by atoms with Gasteiger partial charge >= 0.3 is 0 Å². The number of likely N-dealkylation sites (tertiary alicyclic amines) is 1. The Bertz CT molecular complexity index is 420. The second-order valence-corrected chi connectivity index (χ2v) is 7.43. The Morgan fingerprint density at radius 3 is 2.59 bits per heavy atom. The Hall–Kier alpha value is -1.10. The van der Waals surface area contributed by atoms with E-state index in [2.05, 4.69) is 5.32 Å². The Morgan fingerprint density at radius 2 is 1.86 bits per heavy atom. The van der Waals surface area contributed by atoms with Gasteiger partial charge in [0.05, 0.1) is 6.54 Å². The van der Waals surface area contributed by atoms with Crippen LogP contribution in [0.3, 0.4) is 0 Å². The van der Waals surface area contributed by atoms with Crippen molar-refractivity contribution in [2.24, 2.45) is 23.5 Å². The van der Waals surface area contributed by atoms with Crippen molar-refractivity contribution in [1.82, 2.24) is 10.2 Å². The van der Waals surface area contributed by atoms with Crippen LogP contribution in [-0.2, 0) is 9.59 Å². The topological polar surface area (TPSA) is 75.4 Å². The number of nitrogens with zero attached hydrogens (tertiary/aromatic N) is 1. The molecule has 3 rings (SSSR count). The van der Waals surface area contributed by atoms with Crippen molar-refractivity contribution < 1.29 is 9.59 Å². The van der Waals surface area contributed by atoms with Crippen molar-refractivity contribution in [2.45, 2.75) is 57.4 Å².